The van der Waals surface area contributed by atoms with Crippen LogP contribution < -0.4 is 5.32 Å². The van der Waals surface area contributed by atoms with Crippen molar-refractivity contribution >= 4 is 0 Å². The van der Waals surface area contributed by atoms with Gasteiger partial charge in [0.15, 0.2) is 0 Å². The molecule has 0 amide bonds. The van der Waals surface area contributed by atoms with E-state index in [2.05, 4.69) is 48.3 Å². The number of nitrogens with one attached hydrogen (secondary N) is 1. The number of piperazine rings is 1. The molecule has 1 aromatic rings. The van der Waals surface area contributed by atoms with Gasteiger partial charge in [-0.1, -0.05) is 29.8 Å². The first-order valence-electron chi connectivity index (χ1n) is 6.76. The average Bonchev–Trinajstić information content (AvgIpc) is 2.39. The van der Waals surface area contributed by atoms with Crippen molar-refractivity contribution in [3.8, 4) is 0 Å². The van der Waals surface area contributed by atoms with Crippen molar-refractivity contribution in [3.63, 3.8) is 0 Å². The third-order valence-corrected chi connectivity index (χ3v) is 3.75. The van der Waals surface area contributed by atoms with Gasteiger partial charge in [-0.2, -0.15) is 0 Å². The number of hydrogen-bond donors (Lipinski definition) is 1. The van der Waals surface area contributed by atoms with Crippen LogP contribution in [0, 0.1) is 6.92 Å². The van der Waals surface area contributed by atoms with Gasteiger partial charge in [-0.3, -0.25) is 4.90 Å². The molecule has 1 unspecified atom stereocenters. The first-order chi connectivity index (χ1) is 8.25. The Morgan fingerprint density at radius 1 is 1.18 bits per heavy atom. The zero-order valence-electron chi connectivity index (χ0n) is 11.1. The lowest BCUT2D eigenvalue weighted by Crippen LogP contribution is -2.47. The molecule has 1 aliphatic rings. The van der Waals surface area contributed by atoms with Crippen molar-refractivity contribution in [2.75, 3.05) is 26.2 Å². The van der Waals surface area contributed by atoms with E-state index in [1.807, 2.05) is 0 Å². The molecule has 0 aliphatic carbocycles. The van der Waals surface area contributed by atoms with Gasteiger partial charge in [0.05, 0.1) is 0 Å². The monoisotopic (exact) mass is 232 g/mol. The highest BCUT2D eigenvalue weighted by Crippen LogP contribution is 2.11. The fourth-order valence-electron chi connectivity index (χ4n) is 2.44. The summed E-state index contributed by atoms with van der Waals surface area (Å²) >= 11 is 0. The maximum absolute atomic E-state index is 3.41. The van der Waals surface area contributed by atoms with Crippen LogP contribution in [-0.2, 0) is 6.42 Å². The Hall–Kier alpha value is -0.860. The quantitative estimate of drug-likeness (QED) is 0.856. The van der Waals surface area contributed by atoms with Gasteiger partial charge >= 0.3 is 0 Å². The predicted molar refractivity (Wildman–Crippen MR) is 73.4 cm³/mol. The largest absolute Gasteiger partial charge is 0.314 e. The van der Waals surface area contributed by atoms with E-state index in [1.54, 1.807) is 0 Å². The molecule has 94 valence electrons. The number of rotatable bonds is 4. The molecule has 17 heavy (non-hydrogen) atoms. The second kappa shape index (κ2) is 6.18. The highest BCUT2D eigenvalue weighted by molar-refractivity contribution is 5.21. The highest BCUT2D eigenvalue weighted by atomic mass is 15.2. The van der Waals surface area contributed by atoms with Gasteiger partial charge in [-0.25, -0.2) is 0 Å². The zero-order valence-corrected chi connectivity index (χ0v) is 11.1. The Morgan fingerprint density at radius 2 is 1.82 bits per heavy atom. The molecule has 0 bridgehead atoms. The van der Waals surface area contributed by atoms with E-state index in [9.17, 15) is 0 Å². The summed E-state index contributed by atoms with van der Waals surface area (Å²) in [5.74, 6) is 0. The molecular weight excluding hydrogens is 208 g/mol. The van der Waals surface area contributed by atoms with Gasteiger partial charge in [-0.15, -0.1) is 0 Å². The SMILES string of the molecule is Cc1ccc(CCC(C)N2CCNCC2)cc1. The minimum absolute atomic E-state index is 0.707. The van der Waals surface area contributed by atoms with Crippen LogP contribution in [0.2, 0.25) is 0 Å². The van der Waals surface area contributed by atoms with E-state index < -0.39 is 0 Å². The minimum atomic E-state index is 0.707. The number of hydrogen-bond acceptors (Lipinski definition) is 2. The average molecular weight is 232 g/mol. The summed E-state index contributed by atoms with van der Waals surface area (Å²) < 4.78 is 0. The summed E-state index contributed by atoms with van der Waals surface area (Å²) in [6, 6.07) is 9.66. The molecule has 1 aromatic carbocycles. The van der Waals surface area contributed by atoms with Gasteiger partial charge in [0.25, 0.3) is 0 Å². The van der Waals surface area contributed by atoms with Crippen LogP contribution in [0.1, 0.15) is 24.5 Å². The van der Waals surface area contributed by atoms with Crippen molar-refractivity contribution < 1.29 is 0 Å². The predicted octanol–water partition coefficient (Wildman–Crippen LogP) is 2.22. The molecule has 1 N–H and O–H groups in total. The Morgan fingerprint density at radius 3 is 2.47 bits per heavy atom. The molecule has 0 saturated carbocycles. The normalized spacial score (nSPS) is 19.2. The van der Waals surface area contributed by atoms with Crippen molar-refractivity contribution in [1.29, 1.82) is 0 Å². The summed E-state index contributed by atoms with van der Waals surface area (Å²) in [4.78, 5) is 2.60. The summed E-state index contributed by atoms with van der Waals surface area (Å²) in [6.07, 6.45) is 2.47. The zero-order chi connectivity index (χ0) is 12.1. The lowest BCUT2D eigenvalue weighted by molar-refractivity contribution is 0.177. The van der Waals surface area contributed by atoms with Crippen LogP contribution in [0.25, 0.3) is 0 Å². The van der Waals surface area contributed by atoms with E-state index in [0.717, 1.165) is 13.1 Å². The molecule has 1 heterocycles. The molecule has 2 rings (SSSR count). The second-order valence-electron chi connectivity index (χ2n) is 5.16. The summed E-state index contributed by atoms with van der Waals surface area (Å²) in [5.41, 5.74) is 2.82. The van der Waals surface area contributed by atoms with E-state index in [-0.39, 0.29) is 0 Å². The Bertz CT molecular complexity index is 325. The topological polar surface area (TPSA) is 15.3 Å². The van der Waals surface area contributed by atoms with Crippen molar-refractivity contribution in [2.45, 2.75) is 32.7 Å². The summed E-state index contributed by atoms with van der Waals surface area (Å²) in [7, 11) is 0. The molecule has 1 saturated heterocycles. The van der Waals surface area contributed by atoms with Crippen molar-refractivity contribution in [3.05, 3.63) is 35.4 Å². The van der Waals surface area contributed by atoms with Crippen LogP contribution in [0.3, 0.4) is 0 Å². The fraction of sp³-hybridized carbons (Fsp3) is 0.600. The van der Waals surface area contributed by atoms with Gasteiger partial charge in [-0.05, 0) is 32.3 Å². The Balaban J connectivity index is 1.78. The van der Waals surface area contributed by atoms with Crippen molar-refractivity contribution in [2.24, 2.45) is 0 Å². The first kappa shape index (κ1) is 12.6. The molecule has 1 atom stereocenters. The molecular formula is C15H24N2. The maximum atomic E-state index is 3.41. The fourth-order valence-corrected chi connectivity index (χ4v) is 2.44. The molecule has 0 radical (unpaired) electrons. The third-order valence-electron chi connectivity index (χ3n) is 3.75. The van der Waals surface area contributed by atoms with Crippen LogP contribution in [0.15, 0.2) is 24.3 Å². The Kier molecular flexibility index (Phi) is 4.57. The number of aryl methyl sites for hydroxylation is 2. The molecule has 1 aliphatic heterocycles. The first-order valence-corrected chi connectivity index (χ1v) is 6.76. The number of nitrogens with zero attached hydrogens (tertiary/aromatic N) is 1. The van der Waals surface area contributed by atoms with Crippen LogP contribution in [-0.4, -0.2) is 37.1 Å². The Labute approximate surface area is 105 Å². The summed E-state index contributed by atoms with van der Waals surface area (Å²) in [5, 5.41) is 3.41. The molecule has 2 nitrogen and oxygen atoms in total. The molecule has 0 spiro atoms. The smallest absolute Gasteiger partial charge is 0.0110 e. The van der Waals surface area contributed by atoms with E-state index >= 15 is 0 Å². The highest BCUT2D eigenvalue weighted by Gasteiger charge is 2.15. The van der Waals surface area contributed by atoms with E-state index in [1.165, 1.54) is 37.1 Å². The van der Waals surface area contributed by atoms with Crippen LogP contribution >= 0.6 is 0 Å². The maximum Gasteiger partial charge on any atom is 0.0110 e. The summed E-state index contributed by atoms with van der Waals surface area (Å²) in [6.45, 7) is 9.21. The number of benzene rings is 1. The van der Waals surface area contributed by atoms with Gasteiger partial charge in [0.1, 0.15) is 0 Å². The van der Waals surface area contributed by atoms with Gasteiger partial charge < -0.3 is 5.32 Å². The third kappa shape index (κ3) is 3.83. The molecule has 0 aromatic heterocycles. The van der Waals surface area contributed by atoms with Gasteiger partial charge in [0.2, 0.25) is 0 Å². The lowest BCUT2D eigenvalue weighted by Gasteiger charge is -2.32. The second-order valence-corrected chi connectivity index (χ2v) is 5.16. The lowest BCUT2D eigenvalue weighted by atomic mass is 10.0. The van der Waals surface area contributed by atoms with Crippen molar-refractivity contribution in [1.82, 2.24) is 10.2 Å². The standard InChI is InChI=1S/C15H24N2/c1-13-3-6-15(7-4-13)8-5-14(2)17-11-9-16-10-12-17/h3-4,6-7,14,16H,5,8-12H2,1-2H3. The van der Waals surface area contributed by atoms with E-state index in [4.69, 9.17) is 0 Å². The molecule has 1 fully saturated rings. The van der Waals surface area contributed by atoms with Crippen LogP contribution in [0.5, 0.6) is 0 Å². The van der Waals surface area contributed by atoms with Crippen LogP contribution in [0.4, 0.5) is 0 Å². The van der Waals surface area contributed by atoms with Gasteiger partial charge in [0, 0.05) is 32.2 Å². The minimum Gasteiger partial charge on any atom is -0.314 e. The molecule has 2 heteroatoms. The van der Waals surface area contributed by atoms with E-state index in [0.29, 0.717) is 6.04 Å².